The summed E-state index contributed by atoms with van der Waals surface area (Å²) < 4.78 is 0. The van der Waals surface area contributed by atoms with Gasteiger partial charge in [-0.2, -0.15) is 0 Å². The molecule has 1 aliphatic carbocycles. The fraction of sp³-hybridized carbons (Fsp3) is 0.625. The van der Waals surface area contributed by atoms with Crippen LogP contribution in [0.25, 0.3) is 0 Å². The minimum atomic E-state index is 0.578. The van der Waals surface area contributed by atoms with Crippen LogP contribution in [0.5, 0.6) is 0 Å². The van der Waals surface area contributed by atoms with E-state index in [9.17, 15) is 0 Å². The molecule has 1 aromatic rings. The maximum absolute atomic E-state index is 5.80. The molecule has 2 nitrogen and oxygen atoms in total. The number of hydrogen-bond donors (Lipinski definition) is 1. The van der Waals surface area contributed by atoms with E-state index in [0.29, 0.717) is 12.0 Å². The van der Waals surface area contributed by atoms with Gasteiger partial charge in [0, 0.05) is 12.6 Å². The van der Waals surface area contributed by atoms with E-state index in [1.165, 1.54) is 31.2 Å². The molecule has 2 fully saturated rings. The third kappa shape index (κ3) is 2.19. The minimum absolute atomic E-state index is 0.578. The fourth-order valence-electron chi connectivity index (χ4n) is 3.40. The molecule has 3 rings (SSSR count). The number of rotatable bonds is 3. The van der Waals surface area contributed by atoms with E-state index < -0.39 is 0 Å². The predicted octanol–water partition coefficient (Wildman–Crippen LogP) is 2.91. The molecule has 2 N–H and O–H groups in total. The lowest BCUT2D eigenvalue weighted by atomic mass is 9.80. The Morgan fingerprint density at radius 1 is 1.17 bits per heavy atom. The molecule has 0 amide bonds. The highest BCUT2D eigenvalue weighted by Gasteiger charge is 2.29. The summed E-state index contributed by atoms with van der Waals surface area (Å²) >= 11 is 0. The Morgan fingerprint density at radius 2 is 1.83 bits per heavy atom. The van der Waals surface area contributed by atoms with Crippen LogP contribution < -0.4 is 5.73 Å². The monoisotopic (exact) mass is 244 g/mol. The molecule has 2 aliphatic rings. The van der Waals surface area contributed by atoms with E-state index in [1.807, 2.05) is 0 Å². The first-order valence-corrected chi connectivity index (χ1v) is 7.28. The SMILES string of the molecule is CN1CC(CN)CC1c1ccc(C2CCC2)cc1. The van der Waals surface area contributed by atoms with Crippen molar-refractivity contribution in [2.24, 2.45) is 11.7 Å². The van der Waals surface area contributed by atoms with Crippen molar-refractivity contribution in [2.75, 3.05) is 20.1 Å². The summed E-state index contributed by atoms with van der Waals surface area (Å²) in [5, 5.41) is 0. The van der Waals surface area contributed by atoms with E-state index in [-0.39, 0.29) is 0 Å². The topological polar surface area (TPSA) is 29.3 Å². The zero-order chi connectivity index (χ0) is 12.5. The molecule has 0 aromatic heterocycles. The number of hydrogen-bond acceptors (Lipinski definition) is 2. The highest BCUT2D eigenvalue weighted by Crippen LogP contribution is 2.38. The molecule has 2 unspecified atom stereocenters. The van der Waals surface area contributed by atoms with Crippen LogP contribution in [0.4, 0.5) is 0 Å². The van der Waals surface area contributed by atoms with Crippen LogP contribution in [0.3, 0.4) is 0 Å². The van der Waals surface area contributed by atoms with Gasteiger partial charge in [-0.25, -0.2) is 0 Å². The number of nitrogens with two attached hydrogens (primary N) is 1. The van der Waals surface area contributed by atoms with Gasteiger partial charge in [-0.3, -0.25) is 4.90 Å². The Kier molecular flexibility index (Phi) is 3.40. The van der Waals surface area contributed by atoms with Crippen molar-refractivity contribution in [1.29, 1.82) is 0 Å². The molecule has 0 bridgehead atoms. The standard InChI is InChI=1S/C16H24N2/c1-18-11-12(10-17)9-16(18)15-7-5-14(6-8-15)13-3-2-4-13/h5-8,12-13,16H,2-4,9-11,17H2,1H3. The lowest BCUT2D eigenvalue weighted by Crippen LogP contribution is -2.20. The van der Waals surface area contributed by atoms with Crippen LogP contribution in [0, 0.1) is 5.92 Å². The quantitative estimate of drug-likeness (QED) is 0.886. The van der Waals surface area contributed by atoms with E-state index in [4.69, 9.17) is 5.73 Å². The maximum atomic E-state index is 5.80. The first-order valence-electron chi connectivity index (χ1n) is 7.28. The van der Waals surface area contributed by atoms with Crippen molar-refractivity contribution >= 4 is 0 Å². The number of likely N-dealkylation sites (tertiary alicyclic amines) is 1. The summed E-state index contributed by atoms with van der Waals surface area (Å²) in [6.07, 6.45) is 5.40. The fourth-order valence-corrected chi connectivity index (χ4v) is 3.40. The summed E-state index contributed by atoms with van der Waals surface area (Å²) in [5.41, 5.74) is 8.81. The second-order valence-electron chi connectivity index (χ2n) is 6.09. The van der Waals surface area contributed by atoms with E-state index >= 15 is 0 Å². The van der Waals surface area contributed by atoms with Crippen LogP contribution in [0.2, 0.25) is 0 Å². The molecular formula is C16H24N2. The van der Waals surface area contributed by atoms with E-state index in [1.54, 1.807) is 5.56 Å². The molecule has 0 spiro atoms. The van der Waals surface area contributed by atoms with Gasteiger partial charge in [0.15, 0.2) is 0 Å². The first-order chi connectivity index (χ1) is 8.78. The molecule has 1 aliphatic heterocycles. The largest absolute Gasteiger partial charge is 0.330 e. The normalized spacial score (nSPS) is 29.4. The summed E-state index contributed by atoms with van der Waals surface area (Å²) in [4.78, 5) is 2.45. The Labute approximate surface area is 110 Å². The lowest BCUT2D eigenvalue weighted by Gasteiger charge is -2.26. The highest BCUT2D eigenvalue weighted by atomic mass is 15.2. The van der Waals surface area contributed by atoms with Crippen LogP contribution >= 0.6 is 0 Å². The highest BCUT2D eigenvalue weighted by molar-refractivity contribution is 5.29. The molecule has 1 saturated heterocycles. The summed E-state index contributed by atoms with van der Waals surface area (Å²) in [5.74, 6) is 1.52. The third-order valence-corrected chi connectivity index (χ3v) is 4.87. The Bertz CT molecular complexity index is 394. The van der Waals surface area contributed by atoms with Crippen molar-refractivity contribution < 1.29 is 0 Å². The van der Waals surface area contributed by atoms with Gasteiger partial charge in [0.2, 0.25) is 0 Å². The molecule has 18 heavy (non-hydrogen) atoms. The van der Waals surface area contributed by atoms with Gasteiger partial charge in [-0.05, 0) is 55.8 Å². The van der Waals surface area contributed by atoms with Gasteiger partial charge in [0.25, 0.3) is 0 Å². The van der Waals surface area contributed by atoms with Gasteiger partial charge < -0.3 is 5.73 Å². The Balaban J connectivity index is 1.72. The van der Waals surface area contributed by atoms with Crippen molar-refractivity contribution in [3.05, 3.63) is 35.4 Å². The van der Waals surface area contributed by atoms with Crippen molar-refractivity contribution in [1.82, 2.24) is 4.90 Å². The average Bonchev–Trinajstić information content (AvgIpc) is 2.70. The maximum Gasteiger partial charge on any atom is 0.0348 e. The molecule has 0 radical (unpaired) electrons. The van der Waals surface area contributed by atoms with Gasteiger partial charge >= 0.3 is 0 Å². The third-order valence-electron chi connectivity index (χ3n) is 4.87. The van der Waals surface area contributed by atoms with E-state index in [2.05, 4.69) is 36.2 Å². The molecule has 98 valence electrons. The minimum Gasteiger partial charge on any atom is -0.330 e. The number of benzene rings is 1. The van der Waals surface area contributed by atoms with Crippen molar-refractivity contribution in [3.8, 4) is 0 Å². The summed E-state index contributed by atoms with van der Waals surface area (Å²) in [7, 11) is 2.22. The predicted molar refractivity (Wildman–Crippen MR) is 75.6 cm³/mol. The summed E-state index contributed by atoms with van der Waals surface area (Å²) in [6, 6.07) is 9.96. The van der Waals surface area contributed by atoms with Crippen LogP contribution in [0.15, 0.2) is 24.3 Å². The molecule has 1 aromatic carbocycles. The molecule has 1 saturated carbocycles. The van der Waals surface area contributed by atoms with Crippen LogP contribution in [0.1, 0.15) is 48.8 Å². The molecule has 2 heteroatoms. The Hall–Kier alpha value is -0.860. The van der Waals surface area contributed by atoms with Crippen molar-refractivity contribution in [3.63, 3.8) is 0 Å². The molecule has 2 atom stereocenters. The smallest absolute Gasteiger partial charge is 0.0348 e. The van der Waals surface area contributed by atoms with Gasteiger partial charge in [-0.1, -0.05) is 30.7 Å². The molecule has 1 heterocycles. The van der Waals surface area contributed by atoms with Crippen LogP contribution in [-0.4, -0.2) is 25.0 Å². The van der Waals surface area contributed by atoms with E-state index in [0.717, 1.165) is 19.0 Å². The van der Waals surface area contributed by atoms with Gasteiger partial charge in [-0.15, -0.1) is 0 Å². The number of nitrogens with zero attached hydrogens (tertiary/aromatic N) is 1. The van der Waals surface area contributed by atoms with Crippen LogP contribution in [-0.2, 0) is 0 Å². The average molecular weight is 244 g/mol. The second-order valence-corrected chi connectivity index (χ2v) is 6.09. The van der Waals surface area contributed by atoms with Gasteiger partial charge in [0.1, 0.15) is 0 Å². The Morgan fingerprint density at radius 3 is 2.33 bits per heavy atom. The van der Waals surface area contributed by atoms with Crippen molar-refractivity contribution in [2.45, 2.75) is 37.6 Å². The zero-order valence-electron chi connectivity index (χ0n) is 11.3. The zero-order valence-corrected chi connectivity index (χ0v) is 11.3. The first kappa shape index (κ1) is 12.2. The lowest BCUT2D eigenvalue weighted by molar-refractivity contribution is 0.313. The summed E-state index contributed by atoms with van der Waals surface area (Å²) in [6.45, 7) is 1.96. The molecular weight excluding hydrogens is 220 g/mol. The van der Waals surface area contributed by atoms with Gasteiger partial charge in [0.05, 0.1) is 0 Å². The second kappa shape index (κ2) is 5.02.